The van der Waals surface area contributed by atoms with Crippen LogP contribution < -0.4 is 0 Å². The number of aliphatic hydroxyl groups is 2. The molecule has 224 valence electrons. The van der Waals surface area contributed by atoms with Crippen molar-refractivity contribution in [2.75, 3.05) is 6.61 Å². The number of carbonyl (C=O) groups excluding carboxylic acids is 2. The molecule has 2 N–H and O–H groups in total. The molecule has 0 spiro atoms. The first kappa shape index (κ1) is 31.1. The lowest BCUT2D eigenvalue weighted by molar-refractivity contribution is -0.305. The van der Waals surface area contributed by atoms with E-state index in [1.165, 1.54) is 12.5 Å². The van der Waals surface area contributed by atoms with Gasteiger partial charge in [0.2, 0.25) is 0 Å². The van der Waals surface area contributed by atoms with Gasteiger partial charge in [-0.25, -0.2) is 4.79 Å². The van der Waals surface area contributed by atoms with Crippen molar-refractivity contribution in [3.8, 4) is 11.8 Å². The normalized spacial score (nSPS) is 37.6. The zero-order valence-corrected chi connectivity index (χ0v) is 25.7. The number of ether oxygens (including phenoxy) is 2. The minimum Gasteiger partial charge on any atom is -0.462 e. The zero-order valence-electron chi connectivity index (χ0n) is 25.7. The third-order valence-corrected chi connectivity index (χ3v) is 10.9. The highest BCUT2D eigenvalue weighted by molar-refractivity contribution is 5.85. The van der Waals surface area contributed by atoms with E-state index in [2.05, 4.69) is 46.5 Å². The predicted molar refractivity (Wildman–Crippen MR) is 155 cm³/mol. The number of carbonyl (C=O) groups is 2. The molecule has 0 aromatic rings. The topological polar surface area (TPSA) is 93.1 Å². The Kier molecular flexibility index (Phi) is 9.18. The molecule has 0 unspecified atom stereocenters. The average Bonchev–Trinajstić information content (AvgIpc) is 3.31. The Balaban J connectivity index is 1.80. The molecule has 2 aliphatic heterocycles. The van der Waals surface area contributed by atoms with Crippen molar-refractivity contribution in [1.82, 2.24) is 0 Å². The Labute approximate surface area is 241 Å². The van der Waals surface area contributed by atoms with Crippen molar-refractivity contribution in [2.45, 2.75) is 136 Å². The van der Waals surface area contributed by atoms with E-state index >= 15 is 0 Å². The molecule has 7 atom stereocenters. The summed E-state index contributed by atoms with van der Waals surface area (Å²) in [6, 6.07) is 0. The van der Waals surface area contributed by atoms with E-state index in [-0.39, 0.29) is 36.3 Å². The molecule has 0 saturated heterocycles. The first-order chi connectivity index (χ1) is 18.7. The lowest BCUT2D eigenvalue weighted by Gasteiger charge is -2.69. The van der Waals surface area contributed by atoms with E-state index in [9.17, 15) is 19.8 Å². The van der Waals surface area contributed by atoms with Crippen LogP contribution in [0.2, 0.25) is 0 Å². The summed E-state index contributed by atoms with van der Waals surface area (Å²) in [7, 11) is 0. The van der Waals surface area contributed by atoms with E-state index < -0.39 is 28.6 Å². The third-order valence-electron chi connectivity index (χ3n) is 10.9. The summed E-state index contributed by atoms with van der Waals surface area (Å²) in [5.74, 6) is 7.07. The predicted octanol–water partition coefficient (Wildman–Crippen LogP) is 6.13. The Hall–Kier alpha value is -1.84. The van der Waals surface area contributed by atoms with Crippen molar-refractivity contribution >= 4 is 11.9 Å². The van der Waals surface area contributed by atoms with Crippen molar-refractivity contribution in [3.05, 3.63) is 11.6 Å². The van der Waals surface area contributed by atoms with Gasteiger partial charge < -0.3 is 19.7 Å². The fourth-order valence-corrected chi connectivity index (χ4v) is 8.75. The molecule has 6 heteroatoms. The summed E-state index contributed by atoms with van der Waals surface area (Å²) in [5.41, 5.74) is -2.54. The van der Waals surface area contributed by atoms with Crippen molar-refractivity contribution in [2.24, 2.45) is 34.0 Å². The van der Waals surface area contributed by atoms with E-state index in [0.29, 0.717) is 50.4 Å². The molecule has 0 aromatic heterocycles. The second-order valence-corrected chi connectivity index (χ2v) is 14.7. The summed E-state index contributed by atoms with van der Waals surface area (Å²) < 4.78 is 11.4. The van der Waals surface area contributed by atoms with Gasteiger partial charge in [0.1, 0.15) is 12.7 Å². The molecular formula is C34H52O6. The quantitative estimate of drug-likeness (QED) is 0.249. The smallest absolute Gasteiger partial charge is 0.331 e. The minimum atomic E-state index is -1.35. The third kappa shape index (κ3) is 5.75. The van der Waals surface area contributed by atoms with Gasteiger partial charge in [-0.05, 0) is 61.9 Å². The van der Waals surface area contributed by atoms with Crippen LogP contribution in [-0.4, -0.2) is 46.6 Å². The number of hydrogen-bond acceptors (Lipinski definition) is 6. The van der Waals surface area contributed by atoms with Gasteiger partial charge in [0.25, 0.3) is 0 Å². The van der Waals surface area contributed by atoms with E-state index in [4.69, 9.17) is 9.47 Å². The first-order valence-electron chi connectivity index (χ1n) is 15.7. The first-order valence-corrected chi connectivity index (χ1v) is 15.7. The molecule has 0 amide bonds. The molecule has 2 fully saturated rings. The summed E-state index contributed by atoms with van der Waals surface area (Å²) in [6.07, 6.45) is 8.56. The molecule has 2 bridgehead atoms. The number of cyclic esters (lactones) is 1. The van der Waals surface area contributed by atoms with Crippen LogP contribution >= 0.6 is 0 Å². The maximum absolute atomic E-state index is 13.3. The maximum Gasteiger partial charge on any atom is 0.331 e. The van der Waals surface area contributed by atoms with Gasteiger partial charge >= 0.3 is 11.9 Å². The largest absolute Gasteiger partial charge is 0.462 e. The average molecular weight is 557 g/mol. The Morgan fingerprint density at radius 1 is 1.10 bits per heavy atom. The second kappa shape index (κ2) is 11.8. The van der Waals surface area contributed by atoms with Gasteiger partial charge in [-0.1, -0.05) is 66.2 Å². The molecule has 0 aromatic carbocycles. The van der Waals surface area contributed by atoms with Gasteiger partial charge in [0, 0.05) is 30.3 Å². The maximum atomic E-state index is 13.3. The number of hydrogen-bond donors (Lipinski definition) is 2. The Morgan fingerprint density at radius 2 is 1.85 bits per heavy atom. The molecule has 4 rings (SSSR count). The second-order valence-electron chi connectivity index (χ2n) is 14.7. The lowest BCUT2D eigenvalue weighted by atomic mass is 9.37. The molecule has 4 aliphatic rings. The van der Waals surface area contributed by atoms with Crippen LogP contribution in [0.4, 0.5) is 0 Å². The van der Waals surface area contributed by atoms with Crippen LogP contribution in [0.5, 0.6) is 0 Å². The van der Waals surface area contributed by atoms with Crippen LogP contribution in [0.25, 0.3) is 0 Å². The molecule has 6 nitrogen and oxygen atoms in total. The van der Waals surface area contributed by atoms with E-state index in [1.54, 1.807) is 0 Å². The van der Waals surface area contributed by atoms with Gasteiger partial charge in [0.15, 0.2) is 0 Å². The molecule has 40 heavy (non-hydrogen) atoms. The van der Waals surface area contributed by atoms with Crippen LogP contribution in [0, 0.1) is 45.8 Å². The zero-order chi connectivity index (χ0) is 29.3. The van der Waals surface area contributed by atoms with Crippen LogP contribution in [0.15, 0.2) is 11.6 Å². The summed E-state index contributed by atoms with van der Waals surface area (Å²) >= 11 is 0. The van der Waals surface area contributed by atoms with Crippen molar-refractivity contribution in [1.29, 1.82) is 0 Å². The fourth-order valence-electron chi connectivity index (χ4n) is 8.75. The summed E-state index contributed by atoms with van der Waals surface area (Å²) in [4.78, 5) is 24.7. The van der Waals surface area contributed by atoms with Crippen LogP contribution in [-0.2, 0) is 19.1 Å². The Bertz CT molecular complexity index is 1050. The van der Waals surface area contributed by atoms with E-state index in [0.717, 1.165) is 31.3 Å². The van der Waals surface area contributed by atoms with Gasteiger partial charge in [-0.3, -0.25) is 4.79 Å². The lowest BCUT2D eigenvalue weighted by Crippen LogP contribution is -2.75. The van der Waals surface area contributed by atoms with Gasteiger partial charge in [-0.15, -0.1) is 5.92 Å². The number of esters is 2. The number of aliphatic hydroxyl groups excluding tert-OH is 1. The van der Waals surface area contributed by atoms with Crippen molar-refractivity contribution < 1.29 is 29.3 Å². The van der Waals surface area contributed by atoms with Gasteiger partial charge in [-0.2, -0.15) is 0 Å². The van der Waals surface area contributed by atoms with E-state index in [1.807, 2.05) is 6.92 Å². The molecule has 2 heterocycles. The van der Waals surface area contributed by atoms with Crippen molar-refractivity contribution in [3.63, 3.8) is 0 Å². The molecule has 2 aliphatic carbocycles. The highest BCUT2D eigenvalue weighted by Gasteiger charge is 2.74. The fraction of sp³-hybridized carbons (Fsp3) is 0.824. The molecule has 0 radical (unpaired) electrons. The van der Waals surface area contributed by atoms with Crippen LogP contribution in [0.3, 0.4) is 0 Å². The van der Waals surface area contributed by atoms with Crippen LogP contribution in [0.1, 0.15) is 119 Å². The minimum absolute atomic E-state index is 0.216. The summed E-state index contributed by atoms with van der Waals surface area (Å²) in [6.45, 7) is 13.5. The SMILES string of the molecule is CC(C)CC[C@H](C)CCC[C@]12[C@@H](O)CCC(C)(C)[C@@H]1[C@H]1C[C@](C)(C#CCCC(=O)O1)[C@]2(O)CCC1=CC(=O)OC1. The molecule has 2 saturated carbocycles. The standard InChI is InChI=1S/C34H52O6/c1-23(2)12-13-24(3)10-9-17-33-27(35)15-18-31(4,5)30(33)26-21-32(6,16-8-7-11-28(36)40-26)34(33,38)19-14-25-20-29(37)39-22-25/h20,23-24,26-27,30,35,38H,7,9-15,17-19,21-22H2,1-6H3/t24-,26-,27+,30+,32+,33+,34-/m1/s1. The number of rotatable bonds is 10. The summed E-state index contributed by atoms with van der Waals surface area (Å²) in [5, 5.41) is 25.4. The highest BCUT2D eigenvalue weighted by atomic mass is 16.5. The Morgan fingerprint density at radius 3 is 2.52 bits per heavy atom. The number of fused-ring (bicyclic) bond motifs is 4. The highest BCUT2D eigenvalue weighted by Crippen LogP contribution is 2.69. The van der Waals surface area contributed by atoms with Gasteiger partial charge in [0.05, 0.1) is 23.5 Å². The monoisotopic (exact) mass is 556 g/mol. The molecular weight excluding hydrogens is 504 g/mol.